The highest BCUT2D eigenvalue weighted by molar-refractivity contribution is 7.99. The molecule has 0 saturated carbocycles. The van der Waals surface area contributed by atoms with E-state index in [4.69, 9.17) is 0 Å². The first-order chi connectivity index (χ1) is 13.5. The predicted molar refractivity (Wildman–Crippen MR) is 116 cm³/mol. The molecule has 0 aliphatic carbocycles. The highest BCUT2D eigenvalue weighted by Crippen LogP contribution is 2.26. The number of aryl methyl sites for hydroxylation is 1. The zero-order chi connectivity index (χ0) is 20.1. The second-order valence-corrected chi connectivity index (χ2v) is 7.92. The van der Waals surface area contributed by atoms with Crippen LogP contribution in [0.15, 0.2) is 53.7 Å². The van der Waals surface area contributed by atoms with Gasteiger partial charge in [0, 0.05) is 17.8 Å². The highest BCUT2D eigenvalue weighted by atomic mass is 32.2. The van der Waals surface area contributed by atoms with Crippen LogP contribution in [0.3, 0.4) is 0 Å². The summed E-state index contributed by atoms with van der Waals surface area (Å²) >= 11 is 1.41. The lowest BCUT2D eigenvalue weighted by molar-refractivity contribution is -0.113. The van der Waals surface area contributed by atoms with Crippen molar-refractivity contribution in [3.8, 4) is 11.4 Å². The molecular formula is C22H26N4OS. The summed E-state index contributed by atoms with van der Waals surface area (Å²) in [6, 6.07) is 16.1. The van der Waals surface area contributed by atoms with E-state index in [2.05, 4.69) is 66.0 Å². The molecule has 0 radical (unpaired) electrons. The minimum Gasteiger partial charge on any atom is -0.325 e. The van der Waals surface area contributed by atoms with Crippen LogP contribution in [0.4, 0.5) is 5.69 Å². The molecule has 0 aliphatic rings. The van der Waals surface area contributed by atoms with Gasteiger partial charge >= 0.3 is 0 Å². The summed E-state index contributed by atoms with van der Waals surface area (Å²) in [4.78, 5) is 12.3. The Bertz CT molecular complexity index is 947. The number of hydrogen-bond acceptors (Lipinski definition) is 4. The lowest BCUT2D eigenvalue weighted by Crippen LogP contribution is -2.14. The van der Waals surface area contributed by atoms with Crippen LogP contribution in [0.5, 0.6) is 0 Å². The maximum atomic E-state index is 12.3. The number of benzene rings is 2. The van der Waals surface area contributed by atoms with Gasteiger partial charge in [-0.1, -0.05) is 62.0 Å². The van der Waals surface area contributed by atoms with E-state index in [0.29, 0.717) is 5.92 Å². The van der Waals surface area contributed by atoms with Crippen molar-refractivity contribution in [2.45, 2.75) is 45.3 Å². The first-order valence-electron chi connectivity index (χ1n) is 9.51. The van der Waals surface area contributed by atoms with Crippen LogP contribution in [0.1, 0.15) is 37.8 Å². The van der Waals surface area contributed by atoms with Crippen LogP contribution in [-0.2, 0) is 11.3 Å². The average molecular weight is 395 g/mol. The molecular weight excluding hydrogens is 368 g/mol. The standard InChI is InChI=1S/C22H26N4OS/c1-5-26-21(19-9-7-6-8-16(19)4)24-25-22(26)28-14-20(27)23-18-12-10-17(11-13-18)15(2)3/h6-13,15H,5,14H2,1-4H3,(H,23,27). The van der Waals surface area contributed by atoms with E-state index in [1.54, 1.807) is 0 Å². The molecule has 146 valence electrons. The topological polar surface area (TPSA) is 59.8 Å². The molecule has 2 aromatic carbocycles. The molecule has 1 aromatic heterocycles. The van der Waals surface area contributed by atoms with Crippen molar-refractivity contribution in [2.24, 2.45) is 0 Å². The quantitative estimate of drug-likeness (QED) is 0.565. The number of nitrogens with zero attached hydrogens (tertiary/aromatic N) is 3. The molecule has 0 aliphatic heterocycles. The fourth-order valence-corrected chi connectivity index (χ4v) is 3.78. The molecule has 1 heterocycles. The molecule has 3 aromatic rings. The van der Waals surface area contributed by atoms with E-state index < -0.39 is 0 Å². The maximum absolute atomic E-state index is 12.3. The third-order valence-corrected chi connectivity index (χ3v) is 5.58. The molecule has 0 unspecified atom stereocenters. The number of anilines is 1. The van der Waals surface area contributed by atoms with E-state index in [9.17, 15) is 4.79 Å². The third kappa shape index (κ3) is 4.62. The van der Waals surface area contributed by atoms with Crippen molar-refractivity contribution >= 4 is 23.4 Å². The van der Waals surface area contributed by atoms with Crippen molar-refractivity contribution in [3.63, 3.8) is 0 Å². The molecule has 0 bridgehead atoms. The van der Waals surface area contributed by atoms with Gasteiger partial charge in [-0.25, -0.2) is 0 Å². The molecule has 3 rings (SSSR count). The van der Waals surface area contributed by atoms with Gasteiger partial charge in [-0.3, -0.25) is 4.79 Å². The largest absolute Gasteiger partial charge is 0.325 e. The van der Waals surface area contributed by atoms with Crippen molar-refractivity contribution < 1.29 is 4.79 Å². The van der Waals surface area contributed by atoms with Crippen LogP contribution >= 0.6 is 11.8 Å². The minimum atomic E-state index is -0.0506. The summed E-state index contributed by atoms with van der Waals surface area (Å²) in [5.41, 5.74) is 4.29. The van der Waals surface area contributed by atoms with Crippen molar-refractivity contribution in [1.82, 2.24) is 14.8 Å². The molecule has 1 N–H and O–H groups in total. The molecule has 0 atom stereocenters. The Balaban J connectivity index is 1.66. The Morgan fingerprint density at radius 1 is 1.11 bits per heavy atom. The fourth-order valence-electron chi connectivity index (χ4n) is 2.98. The van der Waals surface area contributed by atoms with E-state index in [0.717, 1.165) is 34.3 Å². The monoisotopic (exact) mass is 394 g/mol. The Kier molecular flexibility index (Phi) is 6.52. The Morgan fingerprint density at radius 2 is 1.82 bits per heavy atom. The lowest BCUT2D eigenvalue weighted by atomic mass is 10.0. The van der Waals surface area contributed by atoms with Gasteiger partial charge in [-0.2, -0.15) is 0 Å². The number of aromatic nitrogens is 3. The lowest BCUT2D eigenvalue weighted by Gasteiger charge is -2.10. The van der Waals surface area contributed by atoms with E-state index in [1.807, 2.05) is 30.3 Å². The molecule has 1 amide bonds. The molecule has 0 fully saturated rings. The van der Waals surface area contributed by atoms with Crippen molar-refractivity contribution in [2.75, 3.05) is 11.1 Å². The van der Waals surface area contributed by atoms with Gasteiger partial charge in [-0.15, -0.1) is 10.2 Å². The number of hydrogen-bond donors (Lipinski definition) is 1. The minimum absolute atomic E-state index is 0.0506. The normalized spacial score (nSPS) is 11.0. The van der Waals surface area contributed by atoms with Crippen molar-refractivity contribution in [1.29, 1.82) is 0 Å². The smallest absolute Gasteiger partial charge is 0.234 e. The zero-order valence-corrected chi connectivity index (χ0v) is 17.6. The van der Waals surface area contributed by atoms with Crippen LogP contribution < -0.4 is 5.32 Å². The van der Waals surface area contributed by atoms with Gasteiger partial charge in [0.1, 0.15) is 0 Å². The SMILES string of the molecule is CCn1c(SCC(=O)Nc2ccc(C(C)C)cc2)nnc1-c1ccccc1C. The highest BCUT2D eigenvalue weighted by Gasteiger charge is 2.15. The van der Waals surface area contributed by atoms with Gasteiger partial charge in [0.05, 0.1) is 5.75 Å². The molecule has 5 nitrogen and oxygen atoms in total. The number of nitrogens with one attached hydrogen (secondary N) is 1. The Hall–Kier alpha value is -2.60. The number of carbonyl (C=O) groups is 1. The Labute approximate surface area is 170 Å². The number of carbonyl (C=O) groups excluding carboxylic acids is 1. The summed E-state index contributed by atoms with van der Waals surface area (Å²) < 4.78 is 2.05. The van der Waals surface area contributed by atoms with Gasteiger partial charge in [0.2, 0.25) is 5.91 Å². The molecule has 0 spiro atoms. The third-order valence-electron chi connectivity index (χ3n) is 4.61. The van der Waals surface area contributed by atoms with Crippen LogP contribution in [0.25, 0.3) is 11.4 Å². The second-order valence-electron chi connectivity index (χ2n) is 6.98. The first-order valence-corrected chi connectivity index (χ1v) is 10.5. The molecule has 0 saturated heterocycles. The summed E-state index contributed by atoms with van der Waals surface area (Å²) in [6.07, 6.45) is 0. The van der Waals surface area contributed by atoms with Crippen molar-refractivity contribution in [3.05, 3.63) is 59.7 Å². The summed E-state index contributed by atoms with van der Waals surface area (Å²) in [5, 5.41) is 12.4. The maximum Gasteiger partial charge on any atom is 0.234 e. The summed E-state index contributed by atoms with van der Waals surface area (Å²) in [6.45, 7) is 9.18. The number of rotatable bonds is 7. The van der Waals surface area contributed by atoms with E-state index in [-0.39, 0.29) is 11.7 Å². The molecule has 28 heavy (non-hydrogen) atoms. The predicted octanol–water partition coefficient (Wildman–Crippen LogP) is 5.13. The van der Waals surface area contributed by atoms with Crippen LogP contribution in [0, 0.1) is 6.92 Å². The van der Waals surface area contributed by atoms with Crippen LogP contribution in [-0.4, -0.2) is 26.4 Å². The van der Waals surface area contributed by atoms with E-state index >= 15 is 0 Å². The summed E-state index contributed by atoms with van der Waals surface area (Å²) in [5.74, 6) is 1.55. The van der Waals surface area contributed by atoms with Gasteiger partial charge in [-0.05, 0) is 43.0 Å². The van der Waals surface area contributed by atoms with Crippen LogP contribution in [0.2, 0.25) is 0 Å². The van der Waals surface area contributed by atoms with Gasteiger partial charge < -0.3 is 9.88 Å². The zero-order valence-electron chi connectivity index (χ0n) is 16.8. The number of thioether (sulfide) groups is 1. The average Bonchev–Trinajstić information content (AvgIpc) is 3.10. The van der Waals surface area contributed by atoms with Gasteiger partial charge in [0.25, 0.3) is 0 Å². The number of amides is 1. The van der Waals surface area contributed by atoms with Gasteiger partial charge in [0.15, 0.2) is 11.0 Å². The van der Waals surface area contributed by atoms with E-state index in [1.165, 1.54) is 17.3 Å². The molecule has 6 heteroatoms. The first kappa shape index (κ1) is 20.1. The fraction of sp³-hybridized carbons (Fsp3) is 0.318. The second kappa shape index (κ2) is 9.06. The summed E-state index contributed by atoms with van der Waals surface area (Å²) in [7, 11) is 0. The Morgan fingerprint density at radius 3 is 2.46 bits per heavy atom.